The average molecular weight is 658 g/mol. The van der Waals surface area contributed by atoms with Crippen LogP contribution in [0.3, 0.4) is 0 Å². The number of carbonyl (C=O) groups excluding carboxylic acids is 2. The van der Waals surface area contributed by atoms with Gasteiger partial charge in [0.2, 0.25) is 11.8 Å². The largest absolute Gasteiger partial charge is 0.354 e. The van der Waals surface area contributed by atoms with Crippen molar-refractivity contribution in [3.8, 4) is 0 Å². The fraction of sp³-hybridized carbons (Fsp3) is 0.297. The maximum atomic E-state index is 14.6. The number of nitrogens with zero attached hydrogens (tertiary/aromatic N) is 2. The van der Waals surface area contributed by atoms with Gasteiger partial charge in [0.25, 0.3) is 10.0 Å². The molecule has 0 radical (unpaired) electrons. The first kappa shape index (κ1) is 34.8. The number of hydrogen-bond donors (Lipinski definition) is 1. The van der Waals surface area contributed by atoms with Crippen LogP contribution in [0.25, 0.3) is 0 Å². The van der Waals surface area contributed by atoms with Gasteiger partial charge in [-0.05, 0) is 74.0 Å². The molecule has 46 heavy (non-hydrogen) atoms. The Hall–Kier alpha value is -4.08. The van der Waals surface area contributed by atoms with Gasteiger partial charge in [0.15, 0.2) is 0 Å². The molecule has 1 unspecified atom stereocenters. The number of unbranched alkanes of at least 4 members (excludes halogenated alkanes) is 1. The van der Waals surface area contributed by atoms with E-state index in [1.165, 1.54) is 16.7 Å². The molecule has 0 bridgehead atoms. The molecule has 0 aliphatic rings. The number of carbonyl (C=O) groups is 2. The molecule has 0 aliphatic carbocycles. The van der Waals surface area contributed by atoms with Gasteiger partial charge in [-0.2, -0.15) is 0 Å². The Morgan fingerprint density at radius 2 is 1.50 bits per heavy atom. The van der Waals surface area contributed by atoms with Crippen molar-refractivity contribution < 1.29 is 18.0 Å². The molecule has 1 N–H and O–H groups in total. The summed E-state index contributed by atoms with van der Waals surface area (Å²) in [5.41, 5.74) is 4.11. The highest BCUT2D eigenvalue weighted by atomic mass is 32.2. The van der Waals surface area contributed by atoms with Gasteiger partial charge in [-0.15, -0.1) is 11.8 Å². The van der Waals surface area contributed by atoms with Gasteiger partial charge < -0.3 is 10.2 Å². The van der Waals surface area contributed by atoms with Crippen LogP contribution in [0, 0.1) is 13.8 Å². The SMILES string of the molecule is CCCCNC(=O)C(Cc1ccccc1)N(Cc1cccc(C)c1)C(=O)CN(c1ccc(C)cc1)S(=O)(=O)c1ccc(SC)cc1. The van der Waals surface area contributed by atoms with Crippen molar-refractivity contribution in [2.75, 3.05) is 23.7 Å². The van der Waals surface area contributed by atoms with E-state index in [1.807, 2.05) is 86.8 Å². The fourth-order valence-corrected chi connectivity index (χ4v) is 7.00. The van der Waals surface area contributed by atoms with E-state index < -0.39 is 28.5 Å². The Balaban J connectivity index is 1.78. The van der Waals surface area contributed by atoms with Crippen molar-refractivity contribution in [2.24, 2.45) is 0 Å². The molecule has 0 spiro atoms. The molecule has 0 saturated carbocycles. The molecular weight excluding hydrogens is 615 g/mol. The molecule has 9 heteroatoms. The van der Waals surface area contributed by atoms with E-state index >= 15 is 0 Å². The first-order chi connectivity index (χ1) is 22.1. The summed E-state index contributed by atoms with van der Waals surface area (Å²) in [6, 6.07) is 30.2. The van der Waals surface area contributed by atoms with Gasteiger partial charge >= 0.3 is 0 Å². The zero-order valence-corrected chi connectivity index (χ0v) is 28.6. The molecule has 4 aromatic carbocycles. The number of thioether (sulfide) groups is 1. The molecule has 0 fully saturated rings. The van der Waals surface area contributed by atoms with Gasteiger partial charge in [-0.1, -0.05) is 91.2 Å². The van der Waals surface area contributed by atoms with Crippen LogP contribution in [0.5, 0.6) is 0 Å². The number of rotatable bonds is 15. The van der Waals surface area contributed by atoms with Crippen molar-refractivity contribution in [2.45, 2.75) is 62.4 Å². The Kier molecular flexibility index (Phi) is 12.5. The van der Waals surface area contributed by atoms with Crippen molar-refractivity contribution in [3.63, 3.8) is 0 Å². The molecule has 7 nitrogen and oxygen atoms in total. The third-order valence-corrected chi connectivity index (χ3v) is 10.3. The van der Waals surface area contributed by atoms with Crippen LogP contribution in [0.15, 0.2) is 113 Å². The van der Waals surface area contributed by atoms with Gasteiger partial charge in [-0.25, -0.2) is 8.42 Å². The second kappa shape index (κ2) is 16.5. The molecule has 0 saturated heterocycles. The summed E-state index contributed by atoms with van der Waals surface area (Å²) < 4.78 is 29.6. The summed E-state index contributed by atoms with van der Waals surface area (Å²) >= 11 is 1.52. The quantitative estimate of drug-likeness (QED) is 0.113. The van der Waals surface area contributed by atoms with Crippen molar-refractivity contribution in [3.05, 3.63) is 125 Å². The summed E-state index contributed by atoms with van der Waals surface area (Å²) in [4.78, 5) is 31.0. The highest BCUT2D eigenvalue weighted by molar-refractivity contribution is 7.98. The minimum Gasteiger partial charge on any atom is -0.354 e. The number of sulfonamides is 1. The van der Waals surface area contributed by atoms with Crippen LogP contribution in [-0.2, 0) is 32.6 Å². The smallest absolute Gasteiger partial charge is 0.264 e. The maximum Gasteiger partial charge on any atom is 0.264 e. The number of nitrogens with one attached hydrogen (secondary N) is 1. The number of aryl methyl sites for hydroxylation is 2. The van der Waals surface area contributed by atoms with E-state index in [2.05, 4.69) is 12.2 Å². The van der Waals surface area contributed by atoms with Crippen LogP contribution in [0.4, 0.5) is 5.69 Å². The highest BCUT2D eigenvalue weighted by Crippen LogP contribution is 2.27. The number of benzene rings is 4. The van der Waals surface area contributed by atoms with E-state index in [0.717, 1.165) is 44.3 Å². The van der Waals surface area contributed by atoms with Crippen LogP contribution >= 0.6 is 11.8 Å². The highest BCUT2D eigenvalue weighted by Gasteiger charge is 2.34. The number of hydrogen-bond acceptors (Lipinski definition) is 5. The normalized spacial score (nSPS) is 11.9. The predicted octanol–water partition coefficient (Wildman–Crippen LogP) is 6.78. The van der Waals surface area contributed by atoms with E-state index in [9.17, 15) is 18.0 Å². The predicted molar refractivity (Wildman–Crippen MR) is 188 cm³/mol. The topological polar surface area (TPSA) is 86.8 Å². The van der Waals surface area contributed by atoms with Crippen LogP contribution in [0.2, 0.25) is 0 Å². The van der Waals surface area contributed by atoms with E-state index in [-0.39, 0.29) is 23.8 Å². The maximum absolute atomic E-state index is 14.6. The molecule has 2 amide bonds. The monoisotopic (exact) mass is 657 g/mol. The van der Waals surface area contributed by atoms with E-state index in [4.69, 9.17) is 0 Å². The molecule has 4 rings (SSSR count). The van der Waals surface area contributed by atoms with Crippen molar-refractivity contribution in [1.29, 1.82) is 0 Å². The molecule has 242 valence electrons. The molecule has 1 atom stereocenters. The van der Waals surface area contributed by atoms with Crippen molar-refractivity contribution in [1.82, 2.24) is 10.2 Å². The zero-order valence-electron chi connectivity index (χ0n) is 27.0. The van der Waals surface area contributed by atoms with Crippen LogP contribution in [-0.4, -0.2) is 50.5 Å². The molecular formula is C37H43N3O4S2. The Bertz CT molecular complexity index is 1690. The zero-order chi connectivity index (χ0) is 33.1. The second-order valence-corrected chi connectivity index (χ2v) is 14.1. The summed E-state index contributed by atoms with van der Waals surface area (Å²) in [7, 11) is -4.15. The van der Waals surface area contributed by atoms with Gasteiger partial charge in [-0.3, -0.25) is 13.9 Å². The summed E-state index contributed by atoms with van der Waals surface area (Å²) in [6.45, 7) is 6.10. The summed E-state index contributed by atoms with van der Waals surface area (Å²) in [5.74, 6) is -0.742. The Morgan fingerprint density at radius 1 is 0.826 bits per heavy atom. The third kappa shape index (κ3) is 9.23. The molecule has 0 aromatic heterocycles. The molecule has 0 aliphatic heterocycles. The number of anilines is 1. The number of amides is 2. The first-order valence-corrected chi connectivity index (χ1v) is 18.2. The lowest BCUT2D eigenvalue weighted by Crippen LogP contribution is -2.53. The average Bonchev–Trinajstić information content (AvgIpc) is 3.06. The molecule has 4 aromatic rings. The standard InChI is InChI=1S/C37H43N3O4S2/c1-5-6-23-38-37(42)35(25-30-12-8-7-9-13-30)39(26-31-14-10-11-29(3)24-31)36(41)27-40(32-17-15-28(2)16-18-32)46(43,44)34-21-19-33(45-4)20-22-34/h7-22,24,35H,5-6,23,25-27H2,1-4H3,(H,38,42). The Labute approximate surface area is 278 Å². The van der Waals surface area contributed by atoms with E-state index in [1.54, 1.807) is 36.4 Å². The lowest BCUT2D eigenvalue weighted by atomic mass is 10.0. The third-order valence-electron chi connectivity index (χ3n) is 7.78. The molecule has 0 heterocycles. The van der Waals surface area contributed by atoms with Crippen molar-refractivity contribution >= 4 is 39.3 Å². The second-order valence-electron chi connectivity index (χ2n) is 11.4. The van der Waals surface area contributed by atoms with Gasteiger partial charge in [0, 0.05) is 24.4 Å². The van der Waals surface area contributed by atoms with Gasteiger partial charge in [0.05, 0.1) is 10.6 Å². The minimum atomic E-state index is -4.15. The van der Waals surface area contributed by atoms with Crippen LogP contribution < -0.4 is 9.62 Å². The summed E-state index contributed by atoms with van der Waals surface area (Å²) in [5, 5.41) is 3.03. The summed E-state index contributed by atoms with van der Waals surface area (Å²) in [6.07, 6.45) is 3.93. The van der Waals surface area contributed by atoms with E-state index in [0.29, 0.717) is 12.2 Å². The Morgan fingerprint density at radius 3 is 2.13 bits per heavy atom. The lowest BCUT2D eigenvalue weighted by Gasteiger charge is -2.34. The first-order valence-electron chi connectivity index (χ1n) is 15.5. The lowest BCUT2D eigenvalue weighted by molar-refractivity contribution is -0.140. The minimum absolute atomic E-state index is 0.0852. The fourth-order valence-electron chi connectivity index (χ4n) is 5.18. The van der Waals surface area contributed by atoms with Crippen LogP contribution in [0.1, 0.15) is 42.0 Å². The van der Waals surface area contributed by atoms with Gasteiger partial charge in [0.1, 0.15) is 12.6 Å².